The van der Waals surface area contributed by atoms with Crippen LogP contribution < -0.4 is 15.4 Å². The molecular formula is C12H21N3OS2. The Labute approximate surface area is 117 Å². The highest BCUT2D eigenvalue weighted by Gasteiger charge is 2.30. The molecule has 0 aliphatic carbocycles. The first-order valence-corrected chi connectivity index (χ1v) is 7.95. The van der Waals surface area contributed by atoms with E-state index in [0.29, 0.717) is 5.82 Å². The van der Waals surface area contributed by atoms with Gasteiger partial charge in [0.05, 0.1) is 6.10 Å². The summed E-state index contributed by atoms with van der Waals surface area (Å²) in [6.07, 6.45) is 0.120. The molecule has 0 saturated carbocycles. The summed E-state index contributed by atoms with van der Waals surface area (Å²) in [5.74, 6) is 2.41. The van der Waals surface area contributed by atoms with Gasteiger partial charge in [0, 0.05) is 23.6 Å². The normalized spacial score (nSPS) is 19.3. The second-order valence-corrected chi connectivity index (χ2v) is 7.95. The average Bonchev–Trinajstić information content (AvgIpc) is 2.58. The van der Waals surface area contributed by atoms with Gasteiger partial charge in [-0.2, -0.15) is 16.1 Å². The fourth-order valence-corrected chi connectivity index (χ4v) is 3.91. The van der Waals surface area contributed by atoms with Crippen LogP contribution in [0.3, 0.4) is 0 Å². The third-order valence-electron chi connectivity index (χ3n) is 2.72. The van der Waals surface area contributed by atoms with Crippen molar-refractivity contribution >= 4 is 34.1 Å². The van der Waals surface area contributed by atoms with Crippen molar-refractivity contribution in [3.05, 3.63) is 0 Å². The number of hydrogen-bond acceptors (Lipinski definition) is 6. The quantitative estimate of drug-likeness (QED) is 0.926. The van der Waals surface area contributed by atoms with E-state index in [-0.39, 0.29) is 10.9 Å². The number of aromatic nitrogens is 1. The largest absolute Gasteiger partial charge is 0.484 e. The van der Waals surface area contributed by atoms with E-state index in [9.17, 15) is 0 Å². The van der Waals surface area contributed by atoms with Crippen LogP contribution in [-0.4, -0.2) is 34.1 Å². The van der Waals surface area contributed by atoms with Gasteiger partial charge in [0.15, 0.2) is 16.6 Å². The van der Waals surface area contributed by atoms with Crippen molar-refractivity contribution in [2.24, 2.45) is 0 Å². The third-order valence-corrected chi connectivity index (χ3v) is 4.93. The summed E-state index contributed by atoms with van der Waals surface area (Å²) in [4.78, 5) is 2.35. The van der Waals surface area contributed by atoms with Crippen molar-refractivity contribution in [2.45, 2.75) is 38.5 Å². The van der Waals surface area contributed by atoms with Crippen molar-refractivity contribution in [1.29, 1.82) is 0 Å². The van der Waals surface area contributed by atoms with Gasteiger partial charge in [0.2, 0.25) is 0 Å². The Kier molecular flexibility index (Phi) is 3.96. The number of rotatable bonds is 3. The highest BCUT2D eigenvalue weighted by Crippen LogP contribution is 2.42. The Hall–Kier alpha value is -0.620. The van der Waals surface area contributed by atoms with Crippen molar-refractivity contribution in [3.63, 3.8) is 0 Å². The molecular weight excluding hydrogens is 266 g/mol. The zero-order chi connectivity index (χ0) is 13.3. The Bertz CT molecular complexity index is 417. The molecule has 1 aromatic heterocycles. The number of nitrogens with zero attached hydrogens (tertiary/aromatic N) is 2. The summed E-state index contributed by atoms with van der Waals surface area (Å²) < 4.78 is 10.3. The second kappa shape index (κ2) is 5.17. The van der Waals surface area contributed by atoms with Crippen LogP contribution >= 0.6 is 23.3 Å². The second-order valence-electron chi connectivity index (χ2n) is 5.40. The van der Waals surface area contributed by atoms with Crippen LogP contribution in [0.15, 0.2) is 0 Å². The molecule has 2 N–H and O–H groups in total. The van der Waals surface area contributed by atoms with Crippen LogP contribution in [-0.2, 0) is 0 Å². The Balaban J connectivity index is 2.22. The zero-order valence-electron chi connectivity index (χ0n) is 11.4. The molecule has 0 bridgehead atoms. The number of nitrogens with two attached hydrogens (primary N) is 1. The van der Waals surface area contributed by atoms with Crippen molar-refractivity contribution in [3.8, 4) is 5.75 Å². The highest BCUT2D eigenvalue weighted by molar-refractivity contribution is 8.00. The van der Waals surface area contributed by atoms with Crippen molar-refractivity contribution in [1.82, 2.24) is 4.37 Å². The zero-order valence-corrected chi connectivity index (χ0v) is 13.0. The number of nitrogen functional groups attached to an aromatic ring is 1. The molecule has 0 spiro atoms. The van der Waals surface area contributed by atoms with Crippen LogP contribution in [0.25, 0.3) is 0 Å². The van der Waals surface area contributed by atoms with E-state index in [1.165, 1.54) is 11.5 Å². The van der Waals surface area contributed by atoms with Gasteiger partial charge in [-0.15, -0.1) is 0 Å². The van der Waals surface area contributed by atoms with Gasteiger partial charge in [-0.3, -0.25) is 0 Å². The van der Waals surface area contributed by atoms with Gasteiger partial charge >= 0.3 is 0 Å². The van der Waals surface area contributed by atoms with E-state index >= 15 is 0 Å². The first-order chi connectivity index (χ1) is 8.39. The van der Waals surface area contributed by atoms with E-state index in [2.05, 4.69) is 23.1 Å². The molecule has 0 aromatic carbocycles. The lowest BCUT2D eigenvalue weighted by atomic mass is 10.2. The Morgan fingerprint density at radius 3 is 2.78 bits per heavy atom. The minimum atomic E-state index is 0.120. The summed E-state index contributed by atoms with van der Waals surface area (Å²) in [6.45, 7) is 10.6. The monoisotopic (exact) mass is 287 g/mol. The molecule has 6 heteroatoms. The molecule has 2 heterocycles. The molecule has 0 atom stereocenters. The molecule has 1 aliphatic heterocycles. The molecule has 2 rings (SSSR count). The fourth-order valence-electron chi connectivity index (χ4n) is 2.02. The fraction of sp³-hybridized carbons (Fsp3) is 0.750. The maximum absolute atomic E-state index is 5.91. The van der Waals surface area contributed by atoms with Crippen LogP contribution in [0.5, 0.6) is 5.75 Å². The van der Waals surface area contributed by atoms with Crippen LogP contribution in [0.2, 0.25) is 0 Å². The lowest BCUT2D eigenvalue weighted by Crippen LogP contribution is -2.43. The lowest BCUT2D eigenvalue weighted by Gasteiger charge is -2.38. The predicted molar refractivity (Wildman–Crippen MR) is 81.0 cm³/mol. The summed E-state index contributed by atoms with van der Waals surface area (Å²) in [5.41, 5.74) is 5.91. The van der Waals surface area contributed by atoms with E-state index in [0.717, 1.165) is 29.6 Å². The van der Waals surface area contributed by atoms with Gasteiger partial charge in [-0.25, -0.2) is 0 Å². The van der Waals surface area contributed by atoms with Crippen LogP contribution in [0.1, 0.15) is 27.7 Å². The molecule has 4 nitrogen and oxygen atoms in total. The first kappa shape index (κ1) is 13.8. The molecule has 1 aliphatic rings. The summed E-state index contributed by atoms with van der Waals surface area (Å²) in [5, 5.41) is 1.08. The van der Waals surface area contributed by atoms with Gasteiger partial charge in [0.25, 0.3) is 0 Å². The smallest absolute Gasteiger partial charge is 0.198 e. The molecule has 1 fully saturated rings. The van der Waals surface area contributed by atoms with E-state index in [4.69, 9.17) is 10.5 Å². The molecule has 0 radical (unpaired) electrons. The summed E-state index contributed by atoms with van der Waals surface area (Å²) in [7, 11) is 0. The van der Waals surface area contributed by atoms with E-state index in [1.807, 2.05) is 25.6 Å². The van der Waals surface area contributed by atoms with Gasteiger partial charge in [-0.05, 0) is 39.2 Å². The topological polar surface area (TPSA) is 51.4 Å². The van der Waals surface area contributed by atoms with Crippen LogP contribution in [0, 0.1) is 0 Å². The average molecular weight is 287 g/mol. The molecule has 1 aromatic rings. The maximum atomic E-state index is 5.91. The molecule has 1 saturated heterocycles. The maximum Gasteiger partial charge on any atom is 0.198 e. The van der Waals surface area contributed by atoms with Crippen molar-refractivity contribution in [2.75, 3.05) is 29.5 Å². The standard InChI is InChI=1S/C12H21N3OS2/c1-8(2)16-9-10(13)14-18-11(9)15-5-6-17-12(3,4)7-15/h8H,5-7H2,1-4H3,(H2,13,14). The highest BCUT2D eigenvalue weighted by atomic mass is 32.2. The first-order valence-electron chi connectivity index (χ1n) is 6.20. The Morgan fingerprint density at radius 2 is 2.17 bits per heavy atom. The number of anilines is 2. The third kappa shape index (κ3) is 3.03. The van der Waals surface area contributed by atoms with Gasteiger partial charge in [0.1, 0.15) is 0 Å². The minimum Gasteiger partial charge on any atom is -0.484 e. The molecule has 0 unspecified atom stereocenters. The number of thioether (sulfide) groups is 1. The van der Waals surface area contributed by atoms with Gasteiger partial charge < -0.3 is 15.4 Å². The predicted octanol–water partition coefficient (Wildman–Crippen LogP) is 2.84. The molecule has 18 heavy (non-hydrogen) atoms. The van der Waals surface area contributed by atoms with Crippen molar-refractivity contribution < 1.29 is 4.74 Å². The minimum absolute atomic E-state index is 0.120. The van der Waals surface area contributed by atoms with E-state index in [1.54, 1.807) is 0 Å². The number of hydrogen-bond donors (Lipinski definition) is 1. The SMILES string of the molecule is CC(C)Oc1c(N)nsc1N1CCSC(C)(C)C1. The van der Waals surface area contributed by atoms with E-state index < -0.39 is 0 Å². The summed E-state index contributed by atoms with van der Waals surface area (Å²) >= 11 is 3.46. The Morgan fingerprint density at radius 1 is 1.44 bits per heavy atom. The summed E-state index contributed by atoms with van der Waals surface area (Å²) in [6, 6.07) is 0. The van der Waals surface area contributed by atoms with Crippen LogP contribution in [0.4, 0.5) is 10.8 Å². The number of ether oxygens (including phenoxy) is 1. The van der Waals surface area contributed by atoms with Gasteiger partial charge in [-0.1, -0.05) is 0 Å². The lowest BCUT2D eigenvalue weighted by molar-refractivity contribution is 0.244. The molecule has 0 amide bonds. The molecule has 102 valence electrons.